The minimum atomic E-state index is -0.922. The second-order valence-corrected chi connectivity index (χ2v) is 8.43. The highest BCUT2D eigenvalue weighted by Crippen LogP contribution is 2.44. The number of benzene rings is 2. The maximum atomic E-state index is 12.6. The number of amides is 2. The first-order valence-corrected chi connectivity index (χ1v) is 11.2. The van der Waals surface area contributed by atoms with Crippen LogP contribution in [0.5, 0.6) is 0 Å². The number of fused-ring (bicyclic) bond motifs is 3. The van der Waals surface area contributed by atoms with E-state index in [1.165, 1.54) is 0 Å². The first-order valence-electron chi connectivity index (χ1n) is 11.2. The zero-order valence-electron chi connectivity index (χ0n) is 18.5. The van der Waals surface area contributed by atoms with Gasteiger partial charge >= 0.3 is 12.1 Å². The molecule has 2 aliphatic rings. The zero-order chi connectivity index (χ0) is 24.4. The Labute approximate surface area is 199 Å². The minimum absolute atomic E-state index is 0.0934. The number of hydrogen-bond donors (Lipinski definition) is 3. The van der Waals surface area contributed by atoms with Crippen molar-refractivity contribution in [1.82, 2.24) is 15.6 Å². The van der Waals surface area contributed by atoms with Gasteiger partial charge in [-0.05, 0) is 45.4 Å². The van der Waals surface area contributed by atoms with Crippen LogP contribution in [0.2, 0.25) is 0 Å². The molecule has 0 radical (unpaired) electrons. The molecule has 178 valence electrons. The molecule has 5 rings (SSSR count). The van der Waals surface area contributed by atoms with Crippen LogP contribution in [0.4, 0.5) is 10.6 Å². The van der Waals surface area contributed by atoms with Crippen molar-refractivity contribution in [3.63, 3.8) is 0 Å². The minimum Gasteiger partial charge on any atom is -0.481 e. The average Bonchev–Trinajstić information content (AvgIpc) is 3.45. The summed E-state index contributed by atoms with van der Waals surface area (Å²) in [6.45, 7) is 0.0934. The van der Waals surface area contributed by atoms with Crippen LogP contribution in [-0.2, 0) is 9.53 Å². The second-order valence-electron chi connectivity index (χ2n) is 8.43. The molecule has 2 aromatic carbocycles. The van der Waals surface area contributed by atoms with Crippen molar-refractivity contribution >= 4 is 23.8 Å². The van der Waals surface area contributed by atoms with Gasteiger partial charge in [-0.25, -0.2) is 9.42 Å². The van der Waals surface area contributed by atoms with Crippen LogP contribution in [-0.4, -0.2) is 46.0 Å². The first kappa shape index (κ1) is 22.3. The van der Waals surface area contributed by atoms with Gasteiger partial charge in [0, 0.05) is 12.0 Å². The summed E-state index contributed by atoms with van der Waals surface area (Å²) in [4.78, 5) is 36.4. The molecule has 0 spiro atoms. The van der Waals surface area contributed by atoms with Crippen molar-refractivity contribution in [1.29, 1.82) is 0 Å². The highest BCUT2D eigenvalue weighted by molar-refractivity contribution is 5.99. The van der Waals surface area contributed by atoms with E-state index in [0.29, 0.717) is 6.42 Å². The molecule has 2 aliphatic carbocycles. The lowest BCUT2D eigenvalue weighted by molar-refractivity contribution is -0.142. The molecule has 2 unspecified atom stereocenters. The van der Waals surface area contributed by atoms with Crippen molar-refractivity contribution < 1.29 is 28.9 Å². The number of carbonyl (C=O) groups is 3. The Bertz CT molecular complexity index is 1270. The van der Waals surface area contributed by atoms with Crippen LogP contribution in [0.1, 0.15) is 40.4 Å². The van der Waals surface area contributed by atoms with Crippen molar-refractivity contribution in [2.24, 2.45) is 5.92 Å². The van der Waals surface area contributed by atoms with Crippen LogP contribution >= 0.6 is 0 Å². The van der Waals surface area contributed by atoms with E-state index in [9.17, 15) is 19.5 Å². The number of aromatic nitrogens is 2. The number of carbonyl (C=O) groups excluding carboxylic acids is 2. The van der Waals surface area contributed by atoms with Crippen molar-refractivity contribution in [3.8, 4) is 11.1 Å². The molecular weight excluding hydrogens is 452 g/mol. The van der Waals surface area contributed by atoms with Crippen LogP contribution < -0.4 is 10.6 Å². The van der Waals surface area contributed by atoms with E-state index >= 15 is 0 Å². The van der Waals surface area contributed by atoms with Gasteiger partial charge in [0.15, 0.2) is 0 Å². The predicted molar refractivity (Wildman–Crippen MR) is 124 cm³/mol. The van der Waals surface area contributed by atoms with Crippen LogP contribution in [0.25, 0.3) is 11.1 Å². The lowest BCUT2D eigenvalue weighted by atomic mass is 9.91. The maximum absolute atomic E-state index is 12.6. The van der Waals surface area contributed by atoms with Crippen molar-refractivity contribution in [2.75, 3.05) is 11.9 Å². The summed E-state index contributed by atoms with van der Waals surface area (Å²) in [6, 6.07) is 15.5. The highest BCUT2D eigenvalue weighted by Gasteiger charge is 2.30. The van der Waals surface area contributed by atoms with Gasteiger partial charge in [0.05, 0.1) is 5.92 Å². The van der Waals surface area contributed by atoms with Gasteiger partial charge < -0.3 is 15.2 Å². The number of rotatable bonds is 6. The Morgan fingerprint density at radius 1 is 1.03 bits per heavy atom. The van der Waals surface area contributed by atoms with Crippen LogP contribution in [0.3, 0.4) is 0 Å². The van der Waals surface area contributed by atoms with E-state index in [1.807, 2.05) is 48.5 Å². The standard InChI is InChI=1S/C25H22N4O6/c30-23(26-15-7-5-6-14(12-15)24(31)32)21-22(29-35-28-21)27-25(33)34-13-20-18-10-3-1-8-16(18)17-9-2-4-11-19(17)20/h1-5,7-11,14-15,20H,6,12-13H2,(H,26,30)(H,31,32)(H,27,29,33). The van der Waals surface area contributed by atoms with Crippen LogP contribution in [0.15, 0.2) is 65.3 Å². The van der Waals surface area contributed by atoms with E-state index in [-0.39, 0.29) is 30.5 Å². The third kappa shape index (κ3) is 4.50. The molecule has 1 heterocycles. The molecule has 0 fully saturated rings. The zero-order valence-corrected chi connectivity index (χ0v) is 18.5. The summed E-state index contributed by atoms with van der Waals surface area (Å²) in [5.41, 5.74) is 4.14. The van der Waals surface area contributed by atoms with E-state index in [0.717, 1.165) is 22.3 Å². The molecule has 3 N–H and O–H groups in total. The lowest BCUT2D eigenvalue weighted by Crippen LogP contribution is -2.38. The molecule has 0 saturated heterocycles. The number of anilines is 1. The number of nitrogens with one attached hydrogen (secondary N) is 2. The topological polar surface area (TPSA) is 144 Å². The lowest BCUT2D eigenvalue weighted by Gasteiger charge is -2.22. The fraction of sp³-hybridized carbons (Fsp3) is 0.240. The fourth-order valence-electron chi connectivity index (χ4n) is 4.58. The SMILES string of the molecule is O=C(Nc1nonc1C(=O)NC1C=CCC(C(=O)O)C1)OCC1c2ccccc2-c2ccccc21. The molecular formula is C25H22N4O6. The molecule has 1 aromatic heterocycles. The third-order valence-corrected chi connectivity index (χ3v) is 6.26. The molecule has 0 aliphatic heterocycles. The van der Waals surface area contributed by atoms with Gasteiger partial charge in [-0.3, -0.25) is 14.9 Å². The smallest absolute Gasteiger partial charge is 0.412 e. The normalized spacial score (nSPS) is 18.4. The van der Waals surface area contributed by atoms with Gasteiger partial charge in [0.25, 0.3) is 5.91 Å². The number of carboxylic acid groups (broad SMARTS) is 1. The number of aliphatic carboxylic acids is 1. The predicted octanol–water partition coefficient (Wildman–Crippen LogP) is 3.58. The van der Waals surface area contributed by atoms with Gasteiger partial charge in [-0.2, -0.15) is 0 Å². The molecule has 35 heavy (non-hydrogen) atoms. The third-order valence-electron chi connectivity index (χ3n) is 6.26. The Balaban J connectivity index is 1.22. The highest BCUT2D eigenvalue weighted by atomic mass is 16.6. The summed E-state index contributed by atoms with van der Waals surface area (Å²) in [5.74, 6) is -2.46. The number of allylic oxidation sites excluding steroid dienone is 1. The monoisotopic (exact) mass is 474 g/mol. The molecule has 2 amide bonds. The van der Waals surface area contributed by atoms with Gasteiger partial charge in [-0.1, -0.05) is 60.7 Å². The van der Waals surface area contributed by atoms with Crippen molar-refractivity contribution in [2.45, 2.75) is 24.8 Å². The molecule has 10 heteroatoms. The number of nitrogens with zero attached hydrogens (tertiary/aromatic N) is 2. The molecule has 2 atom stereocenters. The maximum Gasteiger partial charge on any atom is 0.412 e. The number of ether oxygens (including phenoxy) is 1. The van der Waals surface area contributed by atoms with Gasteiger partial charge in [-0.15, -0.1) is 0 Å². The van der Waals surface area contributed by atoms with E-state index < -0.39 is 29.9 Å². The molecule has 0 saturated carbocycles. The Hall–Kier alpha value is -4.47. The average molecular weight is 474 g/mol. The summed E-state index contributed by atoms with van der Waals surface area (Å²) < 4.78 is 10.1. The van der Waals surface area contributed by atoms with E-state index in [4.69, 9.17) is 4.74 Å². The van der Waals surface area contributed by atoms with E-state index in [1.54, 1.807) is 12.2 Å². The van der Waals surface area contributed by atoms with Crippen molar-refractivity contribution in [3.05, 3.63) is 77.5 Å². The van der Waals surface area contributed by atoms with Gasteiger partial charge in [0.2, 0.25) is 11.5 Å². The molecule has 0 bridgehead atoms. The summed E-state index contributed by atoms with van der Waals surface area (Å²) in [6.07, 6.45) is 3.29. The first-order chi connectivity index (χ1) is 17.0. The van der Waals surface area contributed by atoms with Crippen LogP contribution in [0, 0.1) is 5.92 Å². The van der Waals surface area contributed by atoms with E-state index in [2.05, 4.69) is 25.6 Å². The fourth-order valence-corrected chi connectivity index (χ4v) is 4.58. The Morgan fingerprint density at radius 2 is 1.71 bits per heavy atom. The molecule has 3 aromatic rings. The Kier molecular flexibility index (Phi) is 6.01. The number of hydrogen-bond acceptors (Lipinski definition) is 7. The van der Waals surface area contributed by atoms with Gasteiger partial charge in [0.1, 0.15) is 6.61 Å². The second kappa shape index (κ2) is 9.41. The summed E-state index contributed by atoms with van der Waals surface area (Å²) >= 11 is 0. The largest absolute Gasteiger partial charge is 0.481 e. The number of carboxylic acids is 1. The molecule has 10 nitrogen and oxygen atoms in total. The quantitative estimate of drug-likeness (QED) is 0.460. The summed E-state index contributed by atoms with van der Waals surface area (Å²) in [7, 11) is 0. The Morgan fingerprint density at radius 3 is 2.40 bits per heavy atom. The summed E-state index contributed by atoms with van der Waals surface area (Å²) in [5, 5.41) is 21.5.